The van der Waals surface area contributed by atoms with Gasteiger partial charge >= 0.3 is 8.32 Å². The smallest absolute Gasteiger partial charge is 0.308 e. The van der Waals surface area contributed by atoms with Crippen LogP contribution in [0.15, 0.2) is 65.4 Å². The molecule has 0 spiro atoms. The van der Waals surface area contributed by atoms with Gasteiger partial charge in [-0.25, -0.2) is 0 Å². The van der Waals surface area contributed by atoms with Crippen molar-refractivity contribution in [1.82, 2.24) is 0 Å². The van der Waals surface area contributed by atoms with Crippen molar-refractivity contribution in [3.63, 3.8) is 0 Å². The Bertz CT molecular complexity index is 598. The molecular formula is C16H16OS2Si. The maximum absolute atomic E-state index is 6.46. The molecule has 3 aromatic rings. The van der Waals surface area contributed by atoms with Crippen LogP contribution in [0.5, 0.6) is 0 Å². The molecule has 4 heteroatoms. The third-order valence-corrected chi connectivity index (χ3v) is 10.7. The van der Waals surface area contributed by atoms with Gasteiger partial charge in [0, 0.05) is 15.6 Å². The van der Waals surface area contributed by atoms with Crippen molar-refractivity contribution < 1.29 is 4.43 Å². The van der Waals surface area contributed by atoms with Gasteiger partial charge in [0.25, 0.3) is 0 Å². The Kier molecular flexibility index (Phi) is 4.17. The van der Waals surface area contributed by atoms with Crippen LogP contribution >= 0.6 is 22.7 Å². The lowest BCUT2D eigenvalue weighted by Crippen LogP contribution is -2.67. The van der Waals surface area contributed by atoms with Gasteiger partial charge in [0.05, 0.1) is 0 Å². The van der Waals surface area contributed by atoms with E-state index in [1.54, 1.807) is 22.7 Å². The molecule has 0 atom stereocenters. The van der Waals surface area contributed by atoms with Crippen LogP contribution < -0.4 is 14.2 Å². The van der Waals surface area contributed by atoms with E-state index >= 15 is 0 Å². The highest BCUT2D eigenvalue weighted by Gasteiger charge is 2.43. The highest BCUT2D eigenvalue weighted by atomic mass is 32.1. The molecule has 2 aromatic heterocycles. The lowest BCUT2D eigenvalue weighted by atomic mass is 10.4. The van der Waals surface area contributed by atoms with Crippen molar-refractivity contribution in [1.29, 1.82) is 0 Å². The first-order valence-corrected chi connectivity index (χ1v) is 10.3. The SMILES string of the molecule is CCO[Si](c1ccccc1)(c1cccs1)c1cccs1. The summed E-state index contributed by atoms with van der Waals surface area (Å²) in [6, 6.07) is 19.4. The lowest BCUT2D eigenvalue weighted by molar-refractivity contribution is 0.348. The van der Waals surface area contributed by atoms with Gasteiger partial charge in [-0.15, -0.1) is 0 Å². The van der Waals surface area contributed by atoms with Gasteiger partial charge in [0.1, 0.15) is 0 Å². The number of rotatable bonds is 5. The van der Waals surface area contributed by atoms with Crippen LogP contribution in [0.4, 0.5) is 0 Å². The van der Waals surface area contributed by atoms with Crippen molar-refractivity contribution >= 4 is 45.2 Å². The van der Waals surface area contributed by atoms with Crippen LogP contribution in [0.1, 0.15) is 6.92 Å². The van der Waals surface area contributed by atoms with Gasteiger partial charge in [-0.3, -0.25) is 0 Å². The highest BCUT2D eigenvalue weighted by molar-refractivity contribution is 7.37. The zero-order chi connectivity index (χ0) is 13.8. The van der Waals surface area contributed by atoms with E-state index < -0.39 is 8.32 Å². The van der Waals surface area contributed by atoms with Crippen LogP contribution in [0.25, 0.3) is 0 Å². The first-order chi connectivity index (χ1) is 9.88. The zero-order valence-corrected chi connectivity index (χ0v) is 13.9. The minimum atomic E-state index is -2.28. The summed E-state index contributed by atoms with van der Waals surface area (Å²) >= 11 is 3.61. The molecule has 0 amide bonds. The Morgan fingerprint density at radius 3 is 1.90 bits per heavy atom. The van der Waals surface area contributed by atoms with Crippen LogP contribution in [0, 0.1) is 0 Å². The molecule has 0 saturated heterocycles. The van der Waals surface area contributed by atoms with Gasteiger partial charge in [-0.1, -0.05) is 42.5 Å². The van der Waals surface area contributed by atoms with Gasteiger partial charge in [0.2, 0.25) is 0 Å². The summed E-state index contributed by atoms with van der Waals surface area (Å²) in [6.45, 7) is 2.82. The molecule has 0 fully saturated rings. The Labute approximate surface area is 128 Å². The topological polar surface area (TPSA) is 9.23 Å². The molecule has 0 bridgehead atoms. The van der Waals surface area contributed by atoms with Crippen LogP contribution in [0.3, 0.4) is 0 Å². The molecule has 0 radical (unpaired) electrons. The average molecular weight is 317 g/mol. The second-order valence-electron chi connectivity index (χ2n) is 4.43. The quantitative estimate of drug-likeness (QED) is 0.658. The minimum Gasteiger partial charge on any atom is -0.404 e. The third kappa shape index (κ3) is 2.29. The molecule has 1 aromatic carbocycles. The Morgan fingerprint density at radius 1 is 0.850 bits per heavy atom. The summed E-state index contributed by atoms with van der Waals surface area (Å²) in [6.07, 6.45) is 0. The molecule has 0 unspecified atom stereocenters. The summed E-state index contributed by atoms with van der Waals surface area (Å²) in [7, 11) is -2.28. The fourth-order valence-electron chi connectivity index (χ4n) is 2.48. The molecular weight excluding hydrogens is 300 g/mol. The molecule has 0 saturated carbocycles. The van der Waals surface area contributed by atoms with Crippen LogP contribution in [0.2, 0.25) is 0 Å². The van der Waals surface area contributed by atoms with E-state index in [-0.39, 0.29) is 0 Å². The van der Waals surface area contributed by atoms with Crippen molar-refractivity contribution in [2.45, 2.75) is 6.92 Å². The average Bonchev–Trinajstić information content (AvgIpc) is 3.19. The summed E-state index contributed by atoms with van der Waals surface area (Å²) < 4.78 is 9.20. The molecule has 102 valence electrons. The maximum Gasteiger partial charge on any atom is 0.308 e. The molecule has 20 heavy (non-hydrogen) atoms. The zero-order valence-electron chi connectivity index (χ0n) is 11.3. The van der Waals surface area contributed by atoms with E-state index in [9.17, 15) is 0 Å². The second kappa shape index (κ2) is 6.05. The first kappa shape index (κ1) is 13.8. The number of hydrogen-bond donors (Lipinski definition) is 0. The van der Waals surface area contributed by atoms with E-state index in [4.69, 9.17) is 4.43 Å². The van der Waals surface area contributed by atoms with E-state index in [0.717, 1.165) is 6.61 Å². The van der Waals surface area contributed by atoms with Gasteiger partial charge < -0.3 is 4.43 Å². The van der Waals surface area contributed by atoms with Gasteiger partial charge in [0.15, 0.2) is 0 Å². The van der Waals surface area contributed by atoms with Crippen molar-refractivity contribution in [2.24, 2.45) is 0 Å². The molecule has 2 heterocycles. The molecule has 3 rings (SSSR count). The largest absolute Gasteiger partial charge is 0.404 e. The summed E-state index contributed by atoms with van der Waals surface area (Å²) in [5.41, 5.74) is 0. The predicted molar refractivity (Wildman–Crippen MR) is 91.4 cm³/mol. The van der Waals surface area contributed by atoms with E-state index in [2.05, 4.69) is 72.3 Å². The van der Waals surface area contributed by atoms with Crippen LogP contribution in [-0.4, -0.2) is 14.9 Å². The molecule has 0 aliphatic carbocycles. The van der Waals surface area contributed by atoms with Gasteiger partial charge in [-0.05, 0) is 35.0 Å². The van der Waals surface area contributed by atoms with E-state index in [1.165, 1.54) is 14.2 Å². The van der Waals surface area contributed by atoms with Crippen molar-refractivity contribution in [2.75, 3.05) is 6.61 Å². The predicted octanol–water partition coefficient (Wildman–Crippen LogP) is 2.81. The normalized spacial score (nSPS) is 11.7. The van der Waals surface area contributed by atoms with Crippen LogP contribution in [-0.2, 0) is 4.43 Å². The Hall–Kier alpha value is -1.20. The first-order valence-electron chi connectivity index (χ1n) is 6.65. The minimum absolute atomic E-state index is 0.733. The number of hydrogen-bond acceptors (Lipinski definition) is 3. The summed E-state index contributed by atoms with van der Waals surface area (Å²) in [4.78, 5) is 0. The van der Waals surface area contributed by atoms with E-state index in [1.807, 2.05) is 0 Å². The third-order valence-electron chi connectivity index (χ3n) is 3.28. The van der Waals surface area contributed by atoms with Gasteiger partial charge in [-0.2, -0.15) is 22.7 Å². The molecule has 0 aliphatic heterocycles. The lowest BCUT2D eigenvalue weighted by Gasteiger charge is -2.29. The Balaban J connectivity index is 2.25. The maximum atomic E-state index is 6.46. The molecule has 0 aliphatic rings. The van der Waals surface area contributed by atoms with Crippen molar-refractivity contribution in [3.8, 4) is 0 Å². The molecule has 0 N–H and O–H groups in total. The van der Waals surface area contributed by atoms with Crippen molar-refractivity contribution in [3.05, 3.63) is 65.4 Å². The number of benzene rings is 1. The second-order valence-corrected chi connectivity index (χ2v) is 10.4. The Morgan fingerprint density at radius 2 is 1.45 bits per heavy atom. The van der Waals surface area contributed by atoms with E-state index in [0.29, 0.717) is 0 Å². The number of thiophene rings is 2. The fraction of sp³-hybridized carbons (Fsp3) is 0.125. The summed E-state index contributed by atoms with van der Waals surface area (Å²) in [5.74, 6) is 0. The fourth-order valence-corrected chi connectivity index (χ4v) is 10.1. The summed E-state index contributed by atoms with van der Waals surface area (Å²) in [5, 5.41) is 5.62. The highest BCUT2D eigenvalue weighted by Crippen LogP contribution is 2.14. The standard InChI is InChI=1S/C16H16OS2Si/c1-2-17-20(15-10-6-12-18-15,16-11-7-13-19-16)14-8-4-3-5-9-14/h3-13H,2H2,1H3. The monoisotopic (exact) mass is 316 g/mol. The molecule has 1 nitrogen and oxygen atoms in total.